The zero-order valence-electron chi connectivity index (χ0n) is 14.4. The van der Waals surface area contributed by atoms with E-state index in [1.807, 2.05) is 36.4 Å². The molecule has 0 aliphatic carbocycles. The Bertz CT molecular complexity index is 886. The molecule has 1 aliphatic rings. The van der Waals surface area contributed by atoms with E-state index in [4.69, 9.17) is 19.0 Å². The second kappa shape index (κ2) is 7.21. The predicted octanol–water partition coefficient (Wildman–Crippen LogP) is 4.60. The highest BCUT2D eigenvalue weighted by Gasteiger charge is 2.41. The molecule has 0 spiro atoms. The number of methoxy groups -OCH3 is 1. The topological polar surface area (TPSA) is 57.4 Å². The van der Waals surface area contributed by atoms with Crippen molar-refractivity contribution in [1.29, 1.82) is 0 Å². The van der Waals surface area contributed by atoms with Gasteiger partial charge in [-0.2, -0.15) is 4.98 Å². The molecule has 0 N–H and O–H groups in total. The molecule has 2 aromatic carbocycles. The van der Waals surface area contributed by atoms with E-state index < -0.39 is 0 Å². The minimum atomic E-state index is -0.320. The van der Waals surface area contributed by atoms with E-state index in [0.717, 1.165) is 28.6 Å². The molecule has 0 amide bonds. The lowest BCUT2D eigenvalue weighted by Crippen LogP contribution is -2.35. The smallest absolute Gasteiger partial charge is 0.237 e. The zero-order valence-corrected chi connectivity index (χ0v) is 16.0. The largest absolute Gasteiger partial charge is 0.497 e. The van der Waals surface area contributed by atoms with Crippen LogP contribution in [-0.4, -0.2) is 30.5 Å². The summed E-state index contributed by atoms with van der Waals surface area (Å²) < 4.78 is 17.6. The molecule has 3 aromatic rings. The molecule has 4 rings (SSSR count). The van der Waals surface area contributed by atoms with Crippen LogP contribution in [0.2, 0.25) is 0 Å². The maximum atomic E-state index is 5.75. The summed E-state index contributed by atoms with van der Waals surface area (Å²) in [6.45, 7) is 1.35. The van der Waals surface area contributed by atoms with Crippen molar-refractivity contribution in [3.05, 3.63) is 64.5 Å². The van der Waals surface area contributed by atoms with Crippen LogP contribution in [-0.2, 0) is 10.2 Å². The number of halogens is 1. The minimum Gasteiger partial charge on any atom is -0.497 e. The second-order valence-electron chi connectivity index (χ2n) is 6.36. The van der Waals surface area contributed by atoms with Gasteiger partial charge in [-0.3, -0.25) is 0 Å². The van der Waals surface area contributed by atoms with Gasteiger partial charge in [-0.1, -0.05) is 33.2 Å². The van der Waals surface area contributed by atoms with Crippen molar-refractivity contribution in [3.8, 4) is 17.1 Å². The molecule has 5 nitrogen and oxygen atoms in total. The Kier molecular flexibility index (Phi) is 4.78. The van der Waals surface area contributed by atoms with E-state index in [9.17, 15) is 0 Å². The summed E-state index contributed by atoms with van der Waals surface area (Å²) in [7, 11) is 1.65. The first-order valence-electron chi connectivity index (χ1n) is 8.54. The van der Waals surface area contributed by atoms with E-state index in [0.29, 0.717) is 24.9 Å². The van der Waals surface area contributed by atoms with Gasteiger partial charge in [0.2, 0.25) is 11.7 Å². The van der Waals surface area contributed by atoms with Crippen molar-refractivity contribution in [2.24, 2.45) is 0 Å². The molecule has 1 fully saturated rings. The first kappa shape index (κ1) is 17.2. The SMILES string of the molecule is COc1ccc(-c2noc(C3(c4cccc(Br)c4)CCOCC3)n2)cc1. The molecule has 0 radical (unpaired) electrons. The van der Waals surface area contributed by atoms with E-state index in [1.165, 1.54) is 5.56 Å². The molecule has 0 atom stereocenters. The van der Waals surface area contributed by atoms with E-state index in [-0.39, 0.29) is 5.41 Å². The van der Waals surface area contributed by atoms with Crippen LogP contribution in [0.15, 0.2) is 57.5 Å². The lowest BCUT2D eigenvalue weighted by Gasteiger charge is -2.34. The Hall–Kier alpha value is -2.18. The molecule has 1 aliphatic heterocycles. The number of benzene rings is 2. The van der Waals surface area contributed by atoms with Crippen LogP contribution in [0, 0.1) is 0 Å². The predicted molar refractivity (Wildman–Crippen MR) is 101 cm³/mol. The summed E-state index contributed by atoms with van der Waals surface area (Å²) in [5.74, 6) is 2.03. The number of aromatic nitrogens is 2. The summed E-state index contributed by atoms with van der Waals surface area (Å²) >= 11 is 3.57. The highest BCUT2D eigenvalue weighted by molar-refractivity contribution is 9.10. The molecular weight excluding hydrogens is 396 g/mol. The highest BCUT2D eigenvalue weighted by Crippen LogP contribution is 2.41. The van der Waals surface area contributed by atoms with Gasteiger partial charge in [0, 0.05) is 23.2 Å². The second-order valence-corrected chi connectivity index (χ2v) is 7.27. The van der Waals surface area contributed by atoms with Gasteiger partial charge in [0.05, 0.1) is 12.5 Å². The van der Waals surface area contributed by atoms with Crippen molar-refractivity contribution in [1.82, 2.24) is 10.1 Å². The molecule has 0 saturated carbocycles. The van der Waals surface area contributed by atoms with E-state index in [1.54, 1.807) is 7.11 Å². The number of hydrogen-bond donors (Lipinski definition) is 0. The molecule has 134 valence electrons. The summed E-state index contributed by atoms with van der Waals surface area (Å²) in [5.41, 5.74) is 1.75. The van der Waals surface area contributed by atoms with Crippen LogP contribution < -0.4 is 4.74 Å². The van der Waals surface area contributed by atoms with Gasteiger partial charge in [0.15, 0.2) is 0 Å². The first-order chi connectivity index (χ1) is 12.7. The van der Waals surface area contributed by atoms with E-state index >= 15 is 0 Å². The number of nitrogens with zero attached hydrogens (tertiary/aromatic N) is 2. The lowest BCUT2D eigenvalue weighted by molar-refractivity contribution is 0.0523. The first-order valence-corrected chi connectivity index (χ1v) is 9.33. The Labute approximate surface area is 160 Å². The third kappa shape index (κ3) is 3.15. The monoisotopic (exact) mass is 414 g/mol. The number of ether oxygens (including phenoxy) is 2. The van der Waals surface area contributed by atoms with Crippen LogP contribution in [0.5, 0.6) is 5.75 Å². The lowest BCUT2D eigenvalue weighted by atomic mass is 9.74. The van der Waals surface area contributed by atoms with Gasteiger partial charge in [0.25, 0.3) is 0 Å². The summed E-state index contributed by atoms with van der Waals surface area (Å²) in [5, 5.41) is 4.23. The van der Waals surface area contributed by atoms with Gasteiger partial charge in [-0.15, -0.1) is 0 Å². The molecule has 1 saturated heterocycles. The van der Waals surface area contributed by atoms with Crippen molar-refractivity contribution in [2.75, 3.05) is 20.3 Å². The molecule has 0 bridgehead atoms. The fourth-order valence-electron chi connectivity index (χ4n) is 3.41. The molecule has 6 heteroatoms. The standard InChI is InChI=1S/C20H19BrN2O3/c1-24-17-7-5-14(6-8-17)18-22-19(26-23-18)20(9-11-25-12-10-20)15-3-2-4-16(21)13-15/h2-8,13H,9-12H2,1H3. The third-order valence-corrected chi connectivity index (χ3v) is 5.40. The highest BCUT2D eigenvalue weighted by atomic mass is 79.9. The third-order valence-electron chi connectivity index (χ3n) is 4.91. The normalized spacial score (nSPS) is 16.4. The molecule has 0 unspecified atom stereocenters. The number of rotatable bonds is 4. The summed E-state index contributed by atoms with van der Waals surface area (Å²) in [6.07, 6.45) is 1.63. The Morgan fingerprint density at radius 3 is 2.54 bits per heavy atom. The van der Waals surface area contributed by atoms with Crippen molar-refractivity contribution < 1.29 is 14.0 Å². The Morgan fingerprint density at radius 2 is 1.85 bits per heavy atom. The number of hydrogen-bond acceptors (Lipinski definition) is 5. The van der Waals surface area contributed by atoms with Gasteiger partial charge in [-0.05, 0) is 54.8 Å². The average Bonchev–Trinajstić information content (AvgIpc) is 3.19. The molecular formula is C20H19BrN2O3. The van der Waals surface area contributed by atoms with Gasteiger partial charge >= 0.3 is 0 Å². The van der Waals surface area contributed by atoms with Crippen molar-refractivity contribution >= 4 is 15.9 Å². The maximum Gasteiger partial charge on any atom is 0.237 e. The Balaban J connectivity index is 1.74. The maximum absolute atomic E-state index is 5.75. The van der Waals surface area contributed by atoms with Crippen molar-refractivity contribution in [3.63, 3.8) is 0 Å². The van der Waals surface area contributed by atoms with Gasteiger partial charge in [0.1, 0.15) is 5.75 Å². The fourth-order valence-corrected chi connectivity index (χ4v) is 3.81. The van der Waals surface area contributed by atoms with Crippen LogP contribution >= 0.6 is 15.9 Å². The van der Waals surface area contributed by atoms with Crippen LogP contribution in [0.4, 0.5) is 0 Å². The molecule has 2 heterocycles. The summed E-state index contributed by atoms with van der Waals surface area (Å²) in [4.78, 5) is 4.75. The quantitative estimate of drug-likeness (QED) is 0.623. The Morgan fingerprint density at radius 1 is 1.08 bits per heavy atom. The average molecular weight is 415 g/mol. The van der Waals surface area contributed by atoms with Crippen LogP contribution in [0.1, 0.15) is 24.3 Å². The van der Waals surface area contributed by atoms with Crippen LogP contribution in [0.3, 0.4) is 0 Å². The zero-order chi connectivity index (χ0) is 18.0. The minimum absolute atomic E-state index is 0.320. The van der Waals surface area contributed by atoms with E-state index in [2.05, 4.69) is 33.2 Å². The van der Waals surface area contributed by atoms with Gasteiger partial charge in [-0.25, -0.2) is 0 Å². The van der Waals surface area contributed by atoms with Crippen molar-refractivity contribution in [2.45, 2.75) is 18.3 Å². The molecule has 1 aromatic heterocycles. The molecule has 26 heavy (non-hydrogen) atoms. The van der Waals surface area contributed by atoms with Gasteiger partial charge < -0.3 is 14.0 Å². The fraction of sp³-hybridized carbons (Fsp3) is 0.300. The summed E-state index contributed by atoms with van der Waals surface area (Å²) in [6, 6.07) is 16.0. The van der Waals surface area contributed by atoms with Crippen LogP contribution in [0.25, 0.3) is 11.4 Å².